The lowest BCUT2D eigenvalue weighted by Crippen LogP contribution is -2.54. The van der Waals surface area contributed by atoms with Crippen molar-refractivity contribution >= 4 is 45.0 Å². The van der Waals surface area contributed by atoms with Gasteiger partial charge in [-0.3, -0.25) is 14.4 Å². The number of aromatic nitrogens is 1. The summed E-state index contributed by atoms with van der Waals surface area (Å²) in [7, 11) is -2.92. The van der Waals surface area contributed by atoms with Crippen LogP contribution in [0.25, 0.3) is 0 Å². The lowest BCUT2D eigenvalue weighted by atomic mass is 10.0. The Labute approximate surface area is 218 Å². The fraction of sp³-hybridized carbons (Fsp3) is 0.381. The molecule has 2 aliphatic rings. The van der Waals surface area contributed by atoms with Crippen LogP contribution in [-0.2, 0) is 26.7 Å². The number of sulfonamides is 1. The molecule has 1 fully saturated rings. The Balaban J connectivity index is 1.54. The highest BCUT2D eigenvalue weighted by molar-refractivity contribution is 7.89. The van der Waals surface area contributed by atoms with Crippen molar-refractivity contribution in [2.24, 2.45) is 7.05 Å². The number of aryl methyl sites for hydroxylation is 1. The molecule has 3 N–H and O–H groups in total. The van der Waals surface area contributed by atoms with Crippen LogP contribution < -0.4 is 20.1 Å². The molecule has 17 heteroatoms. The Bertz CT molecular complexity index is 1430. The largest absolute Gasteiger partial charge is 0.488 e. The van der Waals surface area contributed by atoms with Crippen molar-refractivity contribution in [2.45, 2.75) is 23.0 Å². The summed E-state index contributed by atoms with van der Waals surface area (Å²) < 4.78 is 86.4. The molecule has 0 bridgehead atoms. The van der Waals surface area contributed by atoms with Gasteiger partial charge in [0.25, 0.3) is 5.91 Å². The number of fused-ring (bicyclic) bond motifs is 1. The molecule has 1 saturated heterocycles. The van der Waals surface area contributed by atoms with Gasteiger partial charge in [0.15, 0.2) is 11.4 Å². The maximum absolute atomic E-state index is 13.4. The molecule has 11 nitrogen and oxygen atoms in total. The molecule has 0 unspecified atom stereocenters. The number of rotatable bonds is 3. The zero-order valence-electron chi connectivity index (χ0n) is 19.5. The van der Waals surface area contributed by atoms with Gasteiger partial charge in [0, 0.05) is 32.0 Å². The maximum atomic E-state index is 13.4. The summed E-state index contributed by atoms with van der Waals surface area (Å²) in [6, 6.07) is 3.46. The lowest BCUT2D eigenvalue weighted by Gasteiger charge is -2.27. The highest BCUT2D eigenvalue weighted by Gasteiger charge is 2.48. The van der Waals surface area contributed by atoms with E-state index in [2.05, 4.69) is 10.0 Å². The van der Waals surface area contributed by atoms with Gasteiger partial charge >= 0.3 is 18.0 Å². The van der Waals surface area contributed by atoms with E-state index in [1.165, 1.54) is 29.1 Å². The molecular weight excluding hydrogens is 562 g/mol. The first-order valence-corrected chi connectivity index (χ1v) is 12.7. The lowest BCUT2D eigenvalue weighted by molar-refractivity contribution is -0.150. The van der Waals surface area contributed by atoms with Crippen molar-refractivity contribution < 1.29 is 45.1 Å². The minimum atomic E-state index is -4.72. The average Bonchev–Trinajstić information content (AvgIpc) is 3.36. The summed E-state index contributed by atoms with van der Waals surface area (Å²) in [6.45, 7) is -2.56. The molecule has 1 atom stereocenters. The number of nitrogens with one attached hydrogen (secondary N) is 3. The number of alkyl halides is 3. The van der Waals surface area contributed by atoms with Gasteiger partial charge < -0.3 is 24.8 Å². The van der Waals surface area contributed by atoms with Gasteiger partial charge in [-0.05, 0) is 24.6 Å². The van der Waals surface area contributed by atoms with Gasteiger partial charge in [0.05, 0.1) is 10.6 Å². The molecule has 4 rings (SSSR count). The number of halogens is 5. The number of carbonyl (C=O) groups excluding carboxylic acids is 3. The standard InChI is InChI=1S/C21H20ClF4N5O6S/c1-30-7-14-16(15(30)17(32)28-11-2-3-13(23)12(22)6-11)37-10-20(29-38(14,35)36)4-5-31(9-20)19(34)18(33)27-8-21(24,25)26/h2-3,6-7,29H,4-5,8-10H2,1H3,(H,27,33)(H,28,32)/t20-/m0/s1. The number of carbonyl (C=O) groups is 3. The third kappa shape index (κ3) is 5.56. The molecular formula is C21H20ClF4N5O6S. The first-order chi connectivity index (χ1) is 17.6. The number of amides is 3. The van der Waals surface area contributed by atoms with E-state index in [0.29, 0.717) is 0 Å². The Morgan fingerprint density at radius 3 is 2.63 bits per heavy atom. The summed E-state index contributed by atoms with van der Waals surface area (Å²) in [5.41, 5.74) is -1.46. The first-order valence-electron chi connectivity index (χ1n) is 10.9. The van der Waals surface area contributed by atoms with Crippen LogP contribution in [0.5, 0.6) is 5.75 Å². The number of nitrogens with zero attached hydrogens (tertiary/aromatic N) is 2. The molecule has 1 aromatic carbocycles. The molecule has 0 radical (unpaired) electrons. The molecule has 2 aromatic rings. The number of benzene rings is 1. The second kappa shape index (κ2) is 9.74. The normalized spacial score (nSPS) is 20.4. The topological polar surface area (TPSA) is 139 Å². The molecule has 0 saturated carbocycles. The number of hydrogen-bond acceptors (Lipinski definition) is 6. The summed E-state index contributed by atoms with van der Waals surface area (Å²) in [5.74, 6) is -4.51. The maximum Gasteiger partial charge on any atom is 0.405 e. The van der Waals surface area contributed by atoms with Crippen LogP contribution in [0.15, 0.2) is 29.3 Å². The quantitative estimate of drug-likeness (QED) is 0.370. The van der Waals surface area contributed by atoms with Crippen LogP contribution in [0.1, 0.15) is 16.9 Å². The third-order valence-corrected chi connectivity index (χ3v) is 7.77. The Morgan fingerprint density at radius 1 is 1.26 bits per heavy atom. The second-order valence-corrected chi connectivity index (χ2v) is 10.9. The number of anilines is 1. The van der Waals surface area contributed by atoms with Crippen LogP contribution in [-0.4, -0.2) is 73.6 Å². The van der Waals surface area contributed by atoms with Gasteiger partial charge in [-0.1, -0.05) is 11.6 Å². The van der Waals surface area contributed by atoms with Gasteiger partial charge in [0.1, 0.15) is 23.9 Å². The smallest absolute Gasteiger partial charge is 0.405 e. The molecule has 3 amide bonds. The predicted octanol–water partition coefficient (Wildman–Crippen LogP) is 1.39. The van der Waals surface area contributed by atoms with Crippen LogP contribution in [0.3, 0.4) is 0 Å². The zero-order chi connectivity index (χ0) is 28.0. The first kappa shape index (κ1) is 27.7. The minimum Gasteiger partial charge on any atom is -0.488 e. The zero-order valence-corrected chi connectivity index (χ0v) is 21.1. The average molecular weight is 582 g/mol. The van der Waals surface area contributed by atoms with E-state index in [4.69, 9.17) is 16.3 Å². The van der Waals surface area contributed by atoms with Crippen molar-refractivity contribution in [3.05, 3.63) is 40.9 Å². The Morgan fingerprint density at radius 2 is 1.97 bits per heavy atom. The van der Waals surface area contributed by atoms with Crippen molar-refractivity contribution in [1.82, 2.24) is 19.5 Å². The van der Waals surface area contributed by atoms with E-state index >= 15 is 0 Å². The summed E-state index contributed by atoms with van der Waals surface area (Å²) in [6.07, 6.45) is -3.59. The second-order valence-electron chi connectivity index (χ2n) is 8.81. The van der Waals surface area contributed by atoms with Crippen molar-refractivity contribution in [3.8, 4) is 5.75 Å². The molecule has 1 aromatic heterocycles. The molecule has 1 spiro atoms. The van der Waals surface area contributed by atoms with E-state index in [0.717, 1.165) is 17.2 Å². The SMILES string of the molecule is Cn1cc2c(c1C(=O)Nc1ccc(F)c(Cl)c1)OC[C@@]1(CCN(C(=O)C(=O)NCC(F)(F)F)C1)NS2(=O)=O. The van der Waals surface area contributed by atoms with Gasteiger partial charge in [-0.2, -0.15) is 17.9 Å². The van der Waals surface area contributed by atoms with Crippen LogP contribution in [0.2, 0.25) is 5.02 Å². The number of ether oxygens (including phenoxy) is 1. The molecule has 0 aliphatic carbocycles. The van der Waals surface area contributed by atoms with E-state index < -0.39 is 51.8 Å². The molecule has 206 valence electrons. The third-order valence-electron chi connectivity index (χ3n) is 5.91. The Kier molecular flexibility index (Phi) is 7.09. The van der Waals surface area contributed by atoms with Crippen molar-refractivity contribution in [1.29, 1.82) is 0 Å². The fourth-order valence-corrected chi connectivity index (χ4v) is 5.94. The van der Waals surface area contributed by atoms with E-state index in [9.17, 15) is 40.4 Å². The highest BCUT2D eigenvalue weighted by Crippen LogP contribution is 2.37. The van der Waals surface area contributed by atoms with Crippen LogP contribution in [0.4, 0.5) is 23.2 Å². The van der Waals surface area contributed by atoms with Gasteiger partial charge in [-0.15, -0.1) is 0 Å². The van der Waals surface area contributed by atoms with E-state index in [1.54, 1.807) is 0 Å². The minimum absolute atomic E-state index is 0.0173. The van der Waals surface area contributed by atoms with Gasteiger partial charge in [-0.25, -0.2) is 12.8 Å². The predicted molar refractivity (Wildman–Crippen MR) is 124 cm³/mol. The van der Waals surface area contributed by atoms with Crippen LogP contribution >= 0.6 is 11.6 Å². The number of likely N-dealkylation sites (tertiary alicyclic amines) is 1. The van der Waals surface area contributed by atoms with Crippen molar-refractivity contribution in [2.75, 3.05) is 31.6 Å². The molecule has 38 heavy (non-hydrogen) atoms. The molecule has 2 aliphatic heterocycles. The van der Waals surface area contributed by atoms with Crippen LogP contribution in [0, 0.1) is 5.82 Å². The Hall–Kier alpha value is -3.37. The monoisotopic (exact) mass is 581 g/mol. The molecule has 3 heterocycles. The fourth-order valence-electron chi connectivity index (χ4n) is 4.16. The summed E-state index contributed by atoms with van der Waals surface area (Å²) in [4.78, 5) is 37.8. The van der Waals surface area contributed by atoms with E-state index in [-0.39, 0.29) is 53.2 Å². The van der Waals surface area contributed by atoms with Gasteiger partial charge in [0.2, 0.25) is 10.0 Å². The summed E-state index contributed by atoms with van der Waals surface area (Å²) in [5, 5.41) is 3.72. The van der Waals surface area contributed by atoms with Crippen molar-refractivity contribution in [3.63, 3.8) is 0 Å². The summed E-state index contributed by atoms with van der Waals surface area (Å²) >= 11 is 5.74. The number of hydrogen-bond donors (Lipinski definition) is 3. The van der Waals surface area contributed by atoms with E-state index in [1.807, 2.05) is 0 Å². The highest BCUT2D eigenvalue weighted by atomic mass is 35.5.